The Balaban J connectivity index is 2.04. The third-order valence-corrected chi connectivity index (χ3v) is 4.20. The highest BCUT2D eigenvalue weighted by Crippen LogP contribution is 2.23. The molecule has 0 aliphatic heterocycles. The van der Waals surface area contributed by atoms with E-state index in [4.69, 9.17) is 4.74 Å². The number of carbonyl (C=O) groups is 1. The van der Waals surface area contributed by atoms with E-state index in [0.717, 1.165) is 5.56 Å². The summed E-state index contributed by atoms with van der Waals surface area (Å²) >= 11 is 0. The molecule has 0 bridgehead atoms. The van der Waals surface area contributed by atoms with E-state index in [1.807, 2.05) is 44.2 Å². The standard InChI is InChI=1S/C19H23FN2O2/c1-13(16-10-11-18(24-4)17(20)12-16)21-19(23)22(3)14(2)15-8-6-5-7-9-15/h5-14H,1-4H3,(H,21,23). The van der Waals surface area contributed by atoms with Gasteiger partial charge in [-0.1, -0.05) is 36.4 Å². The van der Waals surface area contributed by atoms with Crippen LogP contribution in [-0.4, -0.2) is 25.1 Å². The van der Waals surface area contributed by atoms with Gasteiger partial charge in [-0.3, -0.25) is 0 Å². The molecule has 0 aliphatic carbocycles. The summed E-state index contributed by atoms with van der Waals surface area (Å²) in [7, 11) is 3.16. The molecular formula is C19H23FN2O2. The van der Waals surface area contributed by atoms with Crippen LogP contribution in [-0.2, 0) is 0 Å². The Morgan fingerprint density at radius 3 is 2.38 bits per heavy atom. The molecule has 2 amide bonds. The zero-order valence-electron chi connectivity index (χ0n) is 14.4. The molecule has 0 heterocycles. The number of rotatable bonds is 5. The summed E-state index contributed by atoms with van der Waals surface area (Å²) in [4.78, 5) is 14.1. The Kier molecular flexibility index (Phi) is 5.79. The third kappa shape index (κ3) is 4.04. The predicted octanol–water partition coefficient (Wildman–Crippen LogP) is 4.30. The number of amides is 2. The Morgan fingerprint density at radius 2 is 1.79 bits per heavy atom. The molecular weight excluding hydrogens is 307 g/mol. The Bertz CT molecular complexity index is 691. The molecule has 2 aromatic rings. The fourth-order valence-corrected chi connectivity index (χ4v) is 2.45. The van der Waals surface area contributed by atoms with Crippen LogP contribution < -0.4 is 10.1 Å². The number of methoxy groups -OCH3 is 1. The van der Waals surface area contributed by atoms with E-state index in [2.05, 4.69) is 5.32 Å². The van der Waals surface area contributed by atoms with Gasteiger partial charge in [0, 0.05) is 7.05 Å². The summed E-state index contributed by atoms with van der Waals surface area (Å²) in [6.45, 7) is 3.78. The number of nitrogens with zero attached hydrogens (tertiary/aromatic N) is 1. The summed E-state index contributed by atoms with van der Waals surface area (Å²) in [5.41, 5.74) is 1.74. The second-order valence-electron chi connectivity index (χ2n) is 5.76. The van der Waals surface area contributed by atoms with Crippen LogP contribution in [0.5, 0.6) is 5.75 Å². The number of benzene rings is 2. The summed E-state index contributed by atoms with van der Waals surface area (Å²) in [6.07, 6.45) is 0. The van der Waals surface area contributed by atoms with Crippen molar-refractivity contribution in [3.63, 3.8) is 0 Å². The zero-order valence-corrected chi connectivity index (χ0v) is 14.4. The van der Waals surface area contributed by atoms with Gasteiger partial charge in [0.05, 0.1) is 19.2 Å². The van der Waals surface area contributed by atoms with Gasteiger partial charge in [0.15, 0.2) is 11.6 Å². The first-order chi connectivity index (χ1) is 11.4. The molecule has 4 nitrogen and oxygen atoms in total. The molecule has 2 aromatic carbocycles. The third-order valence-electron chi connectivity index (χ3n) is 4.20. The predicted molar refractivity (Wildman–Crippen MR) is 92.5 cm³/mol. The van der Waals surface area contributed by atoms with Crippen LogP contribution >= 0.6 is 0 Å². The highest BCUT2D eigenvalue weighted by Gasteiger charge is 2.19. The average molecular weight is 330 g/mol. The SMILES string of the molecule is COc1ccc(C(C)NC(=O)N(C)C(C)c2ccccc2)cc1F. The Hall–Kier alpha value is -2.56. The van der Waals surface area contributed by atoms with Crippen LogP contribution in [0.1, 0.15) is 37.1 Å². The molecule has 2 unspecified atom stereocenters. The minimum absolute atomic E-state index is 0.0639. The minimum Gasteiger partial charge on any atom is -0.494 e. The quantitative estimate of drug-likeness (QED) is 0.888. The molecule has 5 heteroatoms. The molecule has 128 valence electrons. The van der Waals surface area contributed by atoms with Crippen molar-refractivity contribution in [2.75, 3.05) is 14.2 Å². The molecule has 24 heavy (non-hydrogen) atoms. The number of urea groups is 1. The minimum atomic E-state index is -0.442. The number of halogens is 1. The van der Waals surface area contributed by atoms with E-state index in [1.165, 1.54) is 13.2 Å². The lowest BCUT2D eigenvalue weighted by molar-refractivity contribution is 0.191. The first kappa shape index (κ1) is 17.8. The highest BCUT2D eigenvalue weighted by atomic mass is 19.1. The number of carbonyl (C=O) groups excluding carboxylic acids is 1. The number of nitrogens with one attached hydrogen (secondary N) is 1. The van der Waals surface area contributed by atoms with E-state index in [-0.39, 0.29) is 23.9 Å². The van der Waals surface area contributed by atoms with Gasteiger partial charge in [-0.2, -0.15) is 0 Å². The maximum absolute atomic E-state index is 13.8. The van der Waals surface area contributed by atoms with E-state index in [1.54, 1.807) is 24.1 Å². The molecule has 2 rings (SSSR count). The Morgan fingerprint density at radius 1 is 1.12 bits per heavy atom. The second-order valence-corrected chi connectivity index (χ2v) is 5.76. The molecule has 1 N–H and O–H groups in total. The molecule has 0 fully saturated rings. The molecule has 2 atom stereocenters. The maximum Gasteiger partial charge on any atom is 0.318 e. The van der Waals surface area contributed by atoms with Crippen molar-refractivity contribution in [1.29, 1.82) is 0 Å². The lowest BCUT2D eigenvalue weighted by Crippen LogP contribution is -2.39. The van der Waals surface area contributed by atoms with Gasteiger partial charge in [0.25, 0.3) is 0 Å². The van der Waals surface area contributed by atoms with Gasteiger partial charge in [-0.05, 0) is 37.1 Å². The van der Waals surface area contributed by atoms with Crippen molar-refractivity contribution in [1.82, 2.24) is 10.2 Å². The Labute approximate surface area is 142 Å². The van der Waals surface area contributed by atoms with Crippen LogP contribution in [0.15, 0.2) is 48.5 Å². The van der Waals surface area contributed by atoms with E-state index >= 15 is 0 Å². The first-order valence-electron chi connectivity index (χ1n) is 7.85. The van der Waals surface area contributed by atoms with Crippen molar-refractivity contribution in [2.45, 2.75) is 25.9 Å². The molecule has 0 aliphatic rings. The van der Waals surface area contributed by atoms with Crippen molar-refractivity contribution in [3.8, 4) is 5.75 Å². The molecule has 0 radical (unpaired) electrons. The van der Waals surface area contributed by atoms with Crippen LogP contribution in [0, 0.1) is 5.82 Å². The smallest absolute Gasteiger partial charge is 0.318 e. The van der Waals surface area contributed by atoms with Gasteiger partial charge in [0.1, 0.15) is 0 Å². The fraction of sp³-hybridized carbons (Fsp3) is 0.316. The summed E-state index contributed by atoms with van der Waals surface area (Å²) in [6, 6.07) is 13.9. The number of hydrogen-bond donors (Lipinski definition) is 1. The molecule has 0 saturated heterocycles. The van der Waals surface area contributed by atoms with Crippen molar-refractivity contribution >= 4 is 6.03 Å². The first-order valence-corrected chi connectivity index (χ1v) is 7.85. The average Bonchev–Trinajstić information content (AvgIpc) is 2.60. The van der Waals surface area contributed by atoms with E-state index in [0.29, 0.717) is 5.56 Å². The van der Waals surface area contributed by atoms with Gasteiger partial charge < -0.3 is 15.0 Å². The van der Waals surface area contributed by atoms with Gasteiger partial charge in [0.2, 0.25) is 0 Å². The number of hydrogen-bond acceptors (Lipinski definition) is 2. The topological polar surface area (TPSA) is 41.6 Å². The second kappa shape index (κ2) is 7.81. The van der Waals surface area contributed by atoms with Crippen LogP contribution in [0.2, 0.25) is 0 Å². The highest BCUT2D eigenvalue weighted by molar-refractivity contribution is 5.75. The van der Waals surface area contributed by atoms with E-state index in [9.17, 15) is 9.18 Å². The lowest BCUT2D eigenvalue weighted by atomic mass is 10.1. The van der Waals surface area contributed by atoms with Crippen LogP contribution in [0.25, 0.3) is 0 Å². The van der Waals surface area contributed by atoms with E-state index < -0.39 is 5.82 Å². The summed E-state index contributed by atoms with van der Waals surface area (Å²) in [5, 5.41) is 2.89. The van der Waals surface area contributed by atoms with Gasteiger partial charge in [-0.25, -0.2) is 9.18 Å². The monoisotopic (exact) mass is 330 g/mol. The molecule has 0 spiro atoms. The lowest BCUT2D eigenvalue weighted by Gasteiger charge is -2.27. The maximum atomic E-state index is 13.8. The van der Waals surface area contributed by atoms with Crippen LogP contribution in [0.4, 0.5) is 9.18 Å². The molecule has 0 saturated carbocycles. The van der Waals surface area contributed by atoms with Crippen molar-refractivity contribution in [2.24, 2.45) is 0 Å². The fourth-order valence-electron chi connectivity index (χ4n) is 2.45. The summed E-state index contributed by atoms with van der Waals surface area (Å²) < 4.78 is 18.7. The largest absolute Gasteiger partial charge is 0.494 e. The van der Waals surface area contributed by atoms with Crippen LogP contribution in [0.3, 0.4) is 0 Å². The summed E-state index contributed by atoms with van der Waals surface area (Å²) in [5.74, 6) is -0.255. The molecule has 0 aromatic heterocycles. The van der Waals surface area contributed by atoms with Crippen molar-refractivity contribution < 1.29 is 13.9 Å². The normalized spacial score (nSPS) is 13.0. The van der Waals surface area contributed by atoms with Gasteiger partial charge in [-0.15, -0.1) is 0 Å². The van der Waals surface area contributed by atoms with Gasteiger partial charge >= 0.3 is 6.03 Å². The van der Waals surface area contributed by atoms with Crippen molar-refractivity contribution in [3.05, 3.63) is 65.5 Å². The number of ether oxygens (including phenoxy) is 1. The zero-order chi connectivity index (χ0) is 17.7.